The first-order valence-electron chi connectivity index (χ1n) is 3.57. The van der Waals surface area contributed by atoms with Crippen LogP contribution in [0.3, 0.4) is 0 Å². The van der Waals surface area contributed by atoms with Crippen molar-refractivity contribution in [1.82, 2.24) is 15.1 Å². The van der Waals surface area contributed by atoms with Gasteiger partial charge >= 0.3 is 0 Å². The Balaban J connectivity index is 2.08. The molecule has 0 aliphatic rings. The normalized spacial score (nSPS) is 9.85. The lowest BCUT2D eigenvalue weighted by molar-refractivity contribution is 0.101. The van der Waals surface area contributed by atoms with Crippen LogP contribution < -0.4 is 5.32 Å². The average Bonchev–Trinajstić information content (AvgIpc) is 2.74. The van der Waals surface area contributed by atoms with Gasteiger partial charge in [-0.05, 0) is 0 Å². The van der Waals surface area contributed by atoms with E-state index in [-0.39, 0.29) is 11.6 Å². The minimum Gasteiger partial charge on any atom is -0.364 e. The fourth-order valence-electron chi connectivity index (χ4n) is 0.835. The molecule has 13 heavy (non-hydrogen) atoms. The highest BCUT2D eigenvalue weighted by atomic mass is 16.5. The highest BCUT2D eigenvalue weighted by Crippen LogP contribution is 2.00. The largest absolute Gasteiger partial charge is 0.364 e. The van der Waals surface area contributed by atoms with E-state index in [0.717, 1.165) is 0 Å². The van der Waals surface area contributed by atoms with E-state index in [0.29, 0.717) is 5.95 Å². The molecular weight excluding hydrogens is 172 g/mol. The highest BCUT2D eigenvalue weighted by molar-refractivity contribution is 6.01. The molecule has 0 aliphatic carbocycles. The highest BCUT2D eigenvalue weighted by Gasteiger charge is 2.09. The van der Waals surface area contributed by atoms with E-state index in [1.54, 1.807) is 12.4 Å². The molecule has 0 fully saturated rings. The van der Waals surface area contributed by atoms with E-state index >= 15 is 0 Å². The lowest BCUT2D eigenvalue weighted by atomic mass is 10.4. The molecule has 2 aromatic heterocycles. The number of aromatic amines is 1. The Labute approximate surface area is 73.0 Å². The van der Waals surface area contributed by atoms with Gasteiger partial charge in [0.2, 0.25) is 5.95 Å². The van der Waals surface area contributed by atoms with Crippen molar-refractivity contribution in [3.8, 4) is 0 Å². The van der Waals surface area contributed by atoms with Gasteiger partial charge in [0.1, 0.15) is 6.26 Å². The number of imidazole rings is 1. The van der Waals surface area contributed by atoms with Crippen molar-refractivity contribution < 1.29 is 9.32 Å². The van der Waals surface area contributed by atoms with Gasteiger partial charge in [0.05, 0.1) is 0 Å². The van der Waals surface area contributed by atoms with Gasteiger partial charge in [-0.15, -0.1) is 0 Å². The molecule has 2 rings (SSSR count). The molecule has 66 valence electrons. The maximum atomic E-state index is 11.3. The van der Waals surface area contributed by atoms with E-state index in [2.05, 4.69) is 25.0 Å². The molecule has 0 unspecified atom stereocenters. The summed E-state index contributed by atoms with van der Waals surface area (Å²) in [6, 6.07) is 1.47. The molecular formula is C7H6N4O2. The third-order valence-corrected chi connectivity index (χ3v) is 1.40. The number of hydrogen-bond donors (Lipinski definition) is 2. The third-order valence-electron chi connectivity index (χ3n) is 1.40. The van der Waals surface area contributed by atoms with Crippen LogP contribution in [0, 0.1) is 0 Å². The Bertz CT molecular complexity index is 379. The van der Waals surface area contributed by atoms with Crippen molar-refractivity contribution >= 4 is 11.9 Å². The topological polar surface area (TPSA) is 83.8 Å². The zero-order chi connectivity index (χ0) is 9.10. The second-order valence-corrected chi connectivity index (χ2v) is 2.28. The second kappa shape index (κ2) is 3.10. The van der Waals surface area contributed by atoms with E-state index < -0.39 is 0 Å². The summed E-state index contributed by atoms with van der Waals surface area (Å²) in [7, 11) is 0. The van der Waals surface area contributed by atoms with Crippen LogP contribution in [0.5, 0.6) is 0 Å². The number of anilines is 1. The van der Waals surface area contributed by atoms with E-state index in [4.69, 9.17) is 0 Å². The molecule has 0 aliphatic heterocycles. The Morgan fingerprint density at radius 2 is 2.54 bits per heavy atom. The van der Waals surface area contributed by atoms with Gasteiger partial charge in [-0.1, -0.05) is 5.16 Å². The Morgan fingerprint density at radius 3 is 3.15 bits per heavy atom. The number of amides is 1. The van der Waals surface area contributed by atoms with Crippen LogP contribution in [0.4, 0.5) is 5.95 Å². The zero-order valence-electron chi connectivity index (χ0n) is 6.52. The molecule has 2 aromatic rings. The van der Waals surface area contributed by atoms with E-state index in [9.17, 15) is 4.79 Å². The monoisotopic (exact) mass is 178 g/mol. The van der Waals surface area contributed by atoms with Gasteiger partial charge in [-0.2, -0.15) is 0 Å². The van der Waals surface area contributed by atoms with Gasteiger partial charge in [-0.3, -0.25) is 10.1 Å². The van der Waals surface area contributed by atoms with Crippen LogP contribution in [0.1, 0.15) is 10.5 Å². The van der Waals surface area contributed by atoms with Gasteiger partial charge in [0.25, 0.3) is 5.91 Å². The number of nitrogens with zero attached hydrogens (tertiary/aromatic N) is 2. The summed E-state index contributed by atoms with van der Waals surface area (Å²) in [5.41, 5.74) is 0.219. The fourth-order valence-corrected chi connectivity index (χ4v) is 0.835. The van der Waals surface area contributed by atoms with Crippen molar-refractivity contribution in [3.63, 3.8) is 0 Å². The molecule has 0 radical (unpaired) electrons. The Morgan fingerprint density at radius 1 is 1.62 bits per heavy atom. The van der Waals surface area contributed by atoms with Crippen LogP contribution in [0.15, 0.2) is 29.2 Å². The predicted octanol–water partition coefficient (Wildman–Crippen LogP) is 0.650. The molecule has 0 aromatic carbocycles. The maximum Gasteiger partial charge on any atom is 0.280 e. The molecule has 1 amide bonds. The van der Waals surface area contributed by atoms with Crippen molar-refractivity contribution in [1.29, 1.82) is 0 Å². The van der Waals surface area contributed by atoms with Crippen LogP contribution in [0.2, 0.25) is 0 Å². The first-order chi connectivity index (χ1) is 6.36. The van der Waals surface area contributed by atoms with Crippen molar-refractivity contribution in [3.05, 3.63) is 30.4 Å². The Hall–Kier alpha value is -2.11. The zero-order valence-corrected chi connectivity index (χ0v) is 6.52. The summed E-state index contributed by atoms with van der Waals surface area (Å²) in [5, 5.41) is 5.96. The summed E-state index contributed by atoms with van der Waals surface area (Å²) >= 11 is 0. The van der Waals surface area contributed by atoms with Crippen LogP contribution in [-0.2, 0) is 0 Å². The minimum absolute atomic E-state index is 0.219. The average molecular weight is 178 g/mol. The standard InChI is InChI=1S/C7H6N4O2/c12-6(5-1-4-13-11-5)10-7-8-2-3-9-7/h1-4H,(H2,8,9,10,12). The van der Waals surface area contributed by atoms with Crippen LogP contribution >= 0.6 is 0 Å². The first-order valence-corrected chi connectivity index (χ1v) is 3.57. The summed E-state index contributed by atoms with van der Waals surface area (Å²) in [6.45, 7) is 0. The molecule has 2 N–H and O–H groups in total. The van der Waals surface area contributed by atoms with E-state index in [1.807, 2.05) is 0 Å². The first kappa shape index (κ1) is 7.53. The fraction of sp³-hybridized carbons (Fsp3) is 0. The molecule has 0 spiro atoms. The number of aromatic nitrogens is 3. The predicted molar refractivity (Wildman–Crippen MR) is 43.0 cm³/mol. The van der Waals surface area contributed by atoms with Gasteiger partial charge in [-0.25, -0.2) is 4.98 Å². The summed E-state index contributed by atoms with van der Waals surface area (Å²) in [5.74, 6) is 0.0247. The SMILES string of the molecule is O=C(Nc1ncc[nH]1)c1ccon1. The van der Waals surface area contributed by atoms with E-state index in [1.165, 1.54) is 12.3 Å². The van der Waals surface area contributed by atoms with Gasteiger partial charge < -0.3 is 9.51 Å². The maximum absolute atomic E-state index is 11.3. The number of nitrogens with one attached hydrogen (secondary N) is 2. The second-order valence-electron chi connectivity index (χ2n) is 2.28. The summed E-state index contributed by atoms with van der Waals surface area (Å²) in [4.78, 5) is 17.8. The van der Waals surface area contributed by atoms with Crippen LogP contribution in [0.25, 0.3) is 0 Å². The number of hydrogen-bond acceptors (Lipinski definition) is 4. The lowest BCUT2D eigenvalue weighted by Crippen LogP contribution is -2.13. The molecule has 6 nitrogen and oxygen atoms in total. The molecule has 0 saturated carbocycles. The molecule has 0 saturated heterocycles. The smallest absolute Gasteiger partial charge is 0.280 e. The minimum atomic E-state index is -0.358. The Kier molecular flexibility index (Phi) is 1.79. The molecule has 0 bridgehead atoms. The van der Waals surface area contributed by atoms with Crippen LogP contribution in [-0.4, -0.2) is 21.0 Å². The summed E-state index contributed by atoms with van der Waals surface area (Å²) < 4.78 is 4.51. The van der Waals surface area contributed by atoms with Crippen molar-refractivity contribution in [2.75, 3.05) is 5.32 Å². The summed E-state index contributed by atoms with van der Waals surface area (Å²) in [6.07, 6.45) is 4.48. The van der Waals surface area contributed by atoms with Gasteiger partial charge in [0.15, 0.2) is 5.69 Å². The number of rotatable bonds is 2. The van der Waals surface area contributed by atoms with Crippen molar-refractivity contribution in [2.45, 2.75) is 0 Å². The number of carbonyl (C=O) groups is 1. The number of carbonyl (C=O) groups excluding carboxylic acids is 1. The molecule has 0 atom stereocenters. The van der Waals surface area contributed by atoms with Gasteiger partial charge in [0, 0.05) is 18.5 Å². The van der Waals surface area contributed by atoms with Crippen molar-refractivity contribution in [2.24, 2.45) is 0 Å². The molecule has 6 heteroatoms. The third kappa shape index (κ3) is 1.56. The molecule has 2 heterocycles. The quantitative estimate of drug-likeness (QED) is 0.707. The lowest BCUT2D eigenvalue weighted by Gasteiger charge is -1.95. The number of H-pyrrole nitrogens is 1.